The van der Waals surface area contributed by atoms with Crippen LogP contribution >= 0.6 is 0 Å². The molecule has 7 heteroatoms. The van der Waals surface area contributed by atoms with E-state index in [1.165, 1.54) is 25.3 Å². The molecule has 0 bridgehead atoms. The van der Waals surface area contributed by atoms with Gasteiger partial charge in [-0.15, -0.1) is 0 Å². The summed E-state index contributed by atoms with van der Waals surface area (Å²) < 4.78 is 17.2. The summed E-state index contributed by atoms with van der Waals surface area (Å²) in [6, 6.07) is 3.12. The number of piperidine rings is 1. The van der Waals surface area contributed by atoms with Gasteiger partial charge in [-0.25, -0.2) is 9.07 Å². The number of likely N-dealkylation sites (tertiary alicyclic amines) is 1. The third-order valence-electron chi connectivity index (χ3n) is 5.88. The van der Waals surface area contributed by atoms with Crippen molar-refractivity contribution < 1.29 is 9.18 Å². The summed E-state index contributed by atoms with van der Waals surface area (Å²) in [5.74, 6) is -1.34. The second-order valence-corrected chi connectivity index (χ2v) is 7.24. The Balaban J connectivity index is 1.72. The molecule has 2 fully saturated rings. The predicted molar refractivity (Wildman–Crippen MR) is 93.1 cm³/mol. The number of benzene rings is 1. The number of aromatic nitrogens is 2. The van der Waals surface area contributed by atoms with Crippen molar-refractivity contribution in [1.82, 2.24) is 14.3 Å². The quantitative estimate of drug-likeness (QED) is 0.920. The summed E-state index contributed by atoms with van der Waals surface area (Å²) in [4.78, 5) is 27.1. The highest BCUT2D eigenvalue weighted by Crippen LogP contribution is 2.31. The van der Waals surface area contributed by atoms with E-state index in [1.807, 2.05) is 0 Å². The number of nitrogens with two attached hydrogens (primary N) is 1. The number of carbonyl (C=O) groups is 1. The first-order valence-corrected chi connectivity index (χ1v) is 8.92. The average Bonchev–Trinajstić information content (AvgIpc) is 2.77. The van der Waals surface area contributed by atoms with E-state index in [0.717, 1.165) is 32.0 Å². The monoisotopic (exact) mass is 346 g/mol. The van der Waals surface area contributed by atoms with E-state index in [4.69, 9.17) is 5.73 Å². The highest BCUT2D eigenvalue weighted by molar-refractivity contribution is 6.05. The number of halogens is 1. The molecule has 1 aliphatic heterocycles. The molecular formula is C18H23FN4O2. The smallest absolute Gasteiger partial charge is 0.275 e. The van der Waals surface area contributed by atoms with E-state index < -0.39 is 11.7 Å². The molecule has 134 valence electrons. The van der Waals surface area contributed by atoms with Gasteiger partial charge in [0.15, 0.2) is 0 Å². The SMILES string of the molecule is Cn1c2cc(F)cc(C(N)=O)c2c(=O)n1C1CCN(C2CCC2)CC1. The van der Waals surface area contributed by atoms with Crippen molar-refractivity contribution >= 4 is 16.8 Å². The summed E-state index contributed by atoms with van der Waals surface area (Å²) in [6.45, 7) is 1.95. The van der Waals surface area contributed by atoms with E-state index in [0.29, 0.717) is 11.6 Å². The third-order valence-corrected chi connectivity index (χ3v) is 5.88. The Morgan fingerprint density at radius 3 is 2.40 bits per heavy atom. The number of hydrogen-bond donors (Lipinski definition) is 1. The molecule has 6 nitrogen and oxygen atoms in total. The number of amides is 1. The summed E-state index contributed by atoms with van der Waals surface area (Å²) in [6.07, 6.45) is 5.64. The predicted octanol–water partition coefficient (Wildman–Crippen LogP) is 1.77. The molecule has 4 rings (SSSR count). The maximum atomic E-state index is 13.9. The Labute approximate surface area is 145 Å². The molecule has 0 atom stereocenters. The van der Waals surface area contributed by atoms with Gasteiger partial charge in [0.2, 0.25) is 5.91 Å². The number of carbonyl (C=O) groups excluding carboxylic acids is 1. The molecule has 1 aromatic carbocycles. The summed E-state index contributed by atoms with van der Waals surface area (Å²) in [5, 5.41) is 0.220. The molecule has 2 aromatic rings. The lowest BCUT2D eigenvalue weighted by Gasteiger charge is -2.42. The first-order valence-electron chi connectivity index (χ1n) is 8.92. The molecule has 0 radical (unpaired) electrons. The van der Waals surface area contributed by atoms with Gasteiger partial charge in [0.1, 0.15) is 5.82 Å². The third kappa shape index (κ3) is 2.57. The molecule has 2 heterocycles. The second kappa shape index (κ2) is 5.98. The maximum absolute atomic E-state index is 13.9. The van der Waals surface area contributed by atoms with Crippen molar-refractivity contribution in [2.45, 2.75) is 44.2 Å². The highest BCUT2D eigenvalue weighted by Gasteiger charge is 2.31. The molecule has 0 spiro atoms. The Morgan fingerprint density at radius 1 is 1.16 bits per heavy atom. The van der Waals surface area contributed by atoms with Crippen LogP contribution in [-0.2, 0) is 7.05 Å². The van der Waals surface area contributed by atoms with Crippen LogP contribution < -0.4 is 11.3 Å². The van der Waals surface area contributed by atoms with Gasteiger partial charge in [-0.05, 0) is 37.8 Å². The van der Waals surface area contributed by atoms with Crippen LogP contribution in [0, 0.1) is 5.82 Å². The fourth-order valence-electron chi connectivity index (χ4n) is 4.29. The van der Waals surface area contributed by atoms with Crippen LogP contribution in [0.15, 0.2) is 16.9 Å². The van der Waals surface area contributed by atoms with Gasteiger partial charge in [-0.3, -0.25) is 14.3 Å². The van der Waals surface area contributed by atoms with Crippen LogP contribution in [0.4, 0.5) is 4.39 Å². The minimum absolute atomic E-state index is 0.0405. The van der Waals surface area contributed by atoms with Crippen molar-refractivity contribution in [3.63, 3.8) is 0 Å². The topological polar surface area (TPSA) is 73.3 Å². The van der Waals surface area contributed by atoms with Crippen molar-refractivity contribution in [3.8, 4) is 0 Å². The molecule has 2 aliphatic rings. The zero-order chi connectivity index (χ0) is 17.7. The molecule has 1 aliphatic carbocycles. The van der Waals surface area contributed by atoms with Crippen LogP contribution in [0.25, 0.3) is 10.9 Å². The van der Waals surface area contributed by atoms with Crippen molar-refractivity contribution in [2.75, 3.05) is 13.1 Å². The summed E-state index contributed by atoms with van der Waals surface area (Å²) in [7, 11) is 1.74. The largest absolute Gasteiger partial charge is 0.366 e. The fourth-order valence-corrected chi connectivity index (χ4v) is 4.29. The number of nitrogens with zero attached hydrogens (tertiary/aromatic N) is 3. The Hall–Kier alpha value is -2.15. The number of hydrogen-bond acceptors (Lipinski definition) is 3. The first kappa shape index (κ1) is 16.3. The van der Waals surface area contributed by atoms with Crippen LogP contribution in [0.3, 0.4) is 0 Å². The van der Waals surface area contributed by atoms with E-state index in [1.54, 1.807) is 16.4 Å². The number of fused-ring (bicyclic) bond motifs is 1. The van der Waals surface area contributed by atoms with Crippen LogP contribution in [0.1, 0.15) is 48.5 Å². The maximum Gasteiger partial charge on any atom is 0.275 e. The average molecular weight is 346 g/mol. The standard InChI is InChI=1S/C18H23FN4O2/c1-21-15-10-11(19)9-14(17(20)24)16(15)18(25)23(21)13-5-7-22(8-6-13)12-3-2-4-12/h9-10,12-13H,2-8H2,1H3,(H2,20,24). The van der Waals surface area contributed by atoms with Crippen molar-refractivity contribution in [3.05, 3.63) is 33.9 Å². The van der Waals surface area contributed by atoms with Gasteiger partial charge in [-0.1, -0.05) is 6.42 Å². The Kier molecular flexibility index (Phi) is 3.91. The molecule has 25 heavy (non-hydrogen) atoms. The van der Waals surface area contributed by atoms with E-state index in [2.05, 4.69) is 4.90 Å². The summed E-state index contributed by atoms with van der Waals surface area (Å²) in [5.41, 5.74) is 5.48. The minimum atomic E-state index is -0.779. The number of aryl methyl sites for hydroxylation is 1. The van der Waals surface area contributed by atoms with E-state index in [9.17, 15) is 14.0 Å². The normalized spacial score (nSPS) is 20.1. The molecule has 2 N–H and O–H groups in total. The van der Waals surface area contributed by atoms with Gasteiger partial charge in [0.25, 0.3) is 5.56 Å². The summed E-state index contributed by atoms with van der Waals surface area (Å²) >= 11 is 0. The fraction of sp³-hybridized carbons (Fsp3) is 0.556. The van der Waals surface area contributed by atoms with Gasteiger partial charge < -0.3 is 10.6 Å². The van der Waals surface area contributed by atoms with Gasteiger partial charge in [-0.2, -0.15) is 0 Å². The van der Waals surface area contributed by atoms with Crippen molar-refractivity contribution in [2.24, 2.45) is 12.8 Å². The van der Waals surface area contributed by atoms with Crippen LogP contribution in [0.2, 0.25) is 0 Å². The van der Waals surface area contributed by atoms with Crippen LogP contribution in [-0.4, -0.2) is 39.3 Å². The number of primary amides is 1. The molecule has 1 aromatic heterocycles. The number of rotatable bonds is 3. The Bertz CT molecular complexity index is 889. The molecule has 1 saturated heterocycles. The molecule has 1 saturated carbocycles. The Morgan fingerprint density at radius 2 is 1.84 bits per heavy atom. The van der Waals surface area contributed by atoms with Gasteiger partial charge in [0, 0.05) is 26.2 Å². The lowest BCUT2D eigenvalue weighted by molar-refractivity contribution is 0.0813. The molecule has 0 unspecified atom stereocenters. The van der Waals surface area contributed by atoms with Crippen LogP contribution in [0.5, 0.6) is 0 Å². The lowest BCUT2D eigenvalue weighted by atomic mass is 9.89. The van der Waals surface area contributed by atoms with E-state index in [-0.39, 0.29) is 22.6 Å². The zero-order valence-corrected chi connectivity index (χ0v) is 14.4. The van der Waals surface area contributed by atoms with Crippen molar-refractivity contribution in [1.29, 1.82) is 0 Å². The van der Waals surface area contributed by atoms with Gasteiger partial charge in [0.05, 0.1) is 22.5 Å². The lowest BCUT2D eigenvalue weighted by Crippen LogP contribution is -2.46. The zero-order valence-electron chi connectivity index (χ0n) is 14.4. The molecular weight excluding hydrogens is 323 g/mol. The van der Waals surface area contributed by atoms with E-state index >= 15 is 0 Å². The highest BCUT2D eigenvalue weighted by atomic mass is 19.1. The molecule has 1 amide bonds. The van der Waals surface area contributed by atoms with Gasteiger partial charge >= 0.3 is 0 Å². The second-order valence-electron chi connectivity index (χ2n) is 7.24. The first-order chi connectivity index (χ1) is 12.0. The minimum Gasteiger partial charge on any atom is -0.366 e.